The lowest BCUT2D eigenvalue weighted by Crippen LogP contribution is -2.11. The predicted octanol–water partition coefficient (Wildman–Crippen LogP) is 0.339. The Labute approximate surface area is 63.6 Å². The van der Waals surface area contributed by atoms with Gasteiger partial charge in [-0.05, 0) is 12.8 Å². The molecule has 1 fully saturated rings. The Morgan fingerprint density at radius 1 is 1.64 bits per heavy atom. The van der Waals surface area contributed by atoms with Crippen molar-refractivity contribution in [1.29, 1.82) is 0 Å². The van der Waals surface area contributed by atoms with Gasteiger partial charge in [0.05, 0.1) is 11.9 Å². The molecule has 0 atom stereocenters. The molecule has 1 radical (unpaired) electrons. The first-order valence-electron chi connectivity index (χ1n) is 3.50. The van der Waals surface area contributed by atoms with Gasteiger partial charge in [0.15, 0.2) is 0 Å². The van der Waals surface area contributed by atoms with Crippen molar-refractivity contribution in [2.24, 2.45) is 11.0 Å². The Hall–Kier alpha value is -1.32. The van der Waals surface area contributed by atoms with Gasteiger partial charge in [0.2, 0.25) is 0 Å². The van der Waals surface area contributed by atoms with Crippen molar-refractivity contribution >= 4 is 11.7 Å². The van der Waals surface area contributed by atoms with Gasteiger partial charge in [-0.2, -0.15) is 10.5 Å². The van der Waals surface area contributed by atoms with E-state index in [0.717, 1.165) is 12.8 Å². The minimum Gasteiger partial charge on any atom is -0.478 e. The predicted molar refractivity (Wildman–Crippen MR) is 38.0 cm³/mol. The Bertz CT molecular complexity index is 264. The highest BCUT2D eigenvalue weighted by molar-refractivity contribution is 6.21. The smallest absolute Gasteiger partial charge is 0.339 e. The van der Waals surface area contributed by atoms with Crippen molar-refractivity contribution in [2.75, 3.05) is 0 Å². The maximum Gasteiger partial charge on any atom is 0.339 e. The normalized spacial score (nSPS) is 22.2. The second-order valence-corrected chi connectivity index (χ2v) is 2.72. The van der Waals surface area contributed by atoms with Crippen LogP contribution in [-0.2, 0) is 4.79 Å². The zero-order chi connectivity index (χ0) is 7.84. The van der Waals surface area contributed by atoms with Gasteiger partial charge in [0.25, 0.3) is 0 Å². The van der Waals surface area contributed by atoms with E-state index in [4.69, 9.17) is 5.11 Å². The maximum atomic E-state index is 10.5. The summed E-state index contributed by atoms with van der Waals surface area (Å²) in [6.45, 7) is 0. The van der Waals surface area contributed by atoms with Crippen LogP contribution in [0.25, 0.3) is 0 Å². The van der Waals surface area contributed by atoms with E-state index in [1.165, 1.54) is 6.20 Å². The summed E-state index contributed by atoms with van der Waals surface area (Å²) in [5.41, 5.74) is 4.51. The van der Waals surface area contributed by atoms with Crippen LogP contribution in [0.15, 0.2) is 16.9 Å². The molecule has 2 rings (SSSR count). The molecule has 0 spiro atoms. The van der Waals surface area contributed by atoms with Crippen LogP contribution >= 0.6 is 0 Å². The number of hydrogen-bond acceptors (Lipinski definition) is 2. The molecule has 1 heterocycles. The summed E-state index contributed by atoms with van der Waals surface area (Å²) in [6, 6.07) is 0. The molecule has 0 bridgehead atoms. The zero-order valence-electron chi connectivity index (χ0n) is 5.82. The minimum absolute atomic E-state index is 0.271. The third kappa shape index (κ3) is 1.00. The molecule has 1 saturated carbocycles. The van der Waals surface area contributed by atoms with E-state index < -0.39 is 5.97 Å². The zero-order valence-corrected chi connectivity index (χ0v) is 5.82. The summed E-state index contributed by atoms with van der Waals surface area (Å²) in [5, 5.41) is 12.4. The molecule has 11 heavy (non-hydrogen) atoms. The molecule has 1 aliphatic heterocycles. The molecule has 57 valence electrons. The molecular weight excluding hydrogens is 144 g/mol. The lowest BCUT2D eigenvalue weighted by atomic mass is 10.1. The standard InChI is InChI=1S/C7H7N2O2/c10-7(11)5-3-8-9-6(5)4-1-2-4/h3-4H,1-2H2,(H,10,11). The molecule has 1 aliphatic carbocycles. The SMILES string of the molecule is O=C(O)C1=C[N]N=C1C1CC1. The van der Waals surface area contributed by atoms with Crippen LogP contribution in [0.2, 0.25) is 0 Å². The fourth-order valence-corrected chi connectivity index (χ4v) is 1.09. The molecule has 0 saturated heterocycles. The van der Waals surface area contributed by atoms with Gasteiger partial charge in [0, 0.05) is 5.92 Å². The van der Waals surface area contributed by atoms with Gasteiger partial charge in [-0.1, -0.05) is 0 Å². The molecular formula is C7H7N2O2. The Morgan fingerprint density at radius 3 is 2.91 bits per heavy atom. The lowest BCUT2D eigenvalue weighted by molar-refractivity contribution is -0.132. The molecule has 0 amide bonds. The van der Waals surface area contributed by atoms with E-state index in [-0.39, 0.29) is 5.57 Å². The summed E-state index contributed by atoms with van der Waals surface area (Å²) in [4.78, 5) is 10.5. The molecule has 1 N–H and O–H groups in total. The van der Waals surface area contributed by atoms with Gasteiger partial charge in [-0.3, -0.25) is 0 Å². The van der Waals surface area contributed by atoms with Crippen LogP contribution in [0.5, 0.6) is 0 Å². The van der Waals surface area contributed by atoms with Crippen LogP contribution < -0.4 is 5.43 Å². The van der Waals surface area contributed by atoms with Crippen LogP contribution in [0, 0.1) is 5.92 Å². The molecule has 0 aromatic heterocycles. The van der Waals surface area contributed by atoms with Gasteiger partial charge >= 0.3 is 5.97 Å². The molecule has 4 heteroatoms. The summed E-state index contributed by atoms with van der Waals surface area (Å²) < 4.78 is 0. The quantitative estimate of drug-likeness (QED) is 0.618. The lowest BCUT2D eigenvalue weighted by Gasteiger charge is -1.95. The van der Waals surface area contributed by atoms with E-state index in [1.807, 2.05) is 0 Å². The number of rotatable bonds is 2. The first kappa shape index (κ1) is 6.39. The van der Waals surface area contributed by atoms with Gasteiger partial charge in [-0.15, -0.1) is 0 Å². The maximum absolute atomic E-state index is 10.5. The summed E-state index contributed by atoms with van der Waals surface area (Å²) in [7, 11) is 0. The van der Waals surface area contributed by atoms with Crippen molar-refractivity contribution in [1.82, 2.24) is 5.43 Å². The van der Waals surface area contributed by atoms with Gasteiger partial charge < -0.3 is 5.11 Å². The average molecular weight is 151 g/mol. The number of carbonyl (C=O) groups is 1. The molecule has 0 aromatic carbocycles. The number of carboxylic acid groups (broad SMARTS) is 1. The van der Waals surface area contributed by atoms with Crippen molar-refractivity contribution in [3.8, 4) is 0 Å². The fourth-order valence-electron chi connectivity index (χ4n) is 1.09. The fraction of sp³-hybridized carbons (Fsp3) is 0.429. The number of nitrogens with zero attached hydrogens (tertiary/aromatic N) is 2. The van der Waals surface area contributed by atoms with Crippen molar-refractivity contribution in [3.05, 3.63) is 11.8 Å². The van der Waals surface area contributed by atoms with Crippen molar-refractivity contribution < 1.29 is 9.90 Å². The number of carboxylic acids is 1. The van der Waals surface area contributed by atoms with Crippen molar-refractivity contribution in [2.45, 2.75) is 12.8 Å². The summed E-state index contributed by atoms with van der Waals surface area (Å²) in [6.07, 6.45) is 3.42. The van der Waals surface area contributed by atoms with Crippen LogP contribution in [0.1, 0.15) is 12.8 Å². The third-order valence-corrected chi connectivity index (χ3v) is 1.82. The van der Waals surface area contributed by atoms with Crippen LogP contribution in [-0.4, -0.2) is 16.8 Å². The highest BCUT2D eigenvalue weighted by atomic mass is 16.4. The van der Waals surface area contributed by atoms with Crippen LogP contribution in [0.3, 0.4) is 0 Å². The number of aliphatic carboxylic acids is 1. The first-order valence-corrected chi connectivity index (χ1v) is 3.50. The molecule has 0 aromatic rings. The first-order chi connectivity index (χ1) is 5.29. The summed E-state index contributed by atoms with van der Waals surface area (Å²) >= 11 is 0. The second-order valence-electron chi connectivity index (χ2n) is 2.72. The molecule has 2 aliphatic rings. The third-order valence-electron chi connectivity index (χ3n) is 1.82. The highest BCUT2D eigenvalue weighted by Crippen LogP contribution is 2.34. The van der Waals surface area contributed by atoms with Gasteiger partial charge in [-0.25, -0.2) is 4.79 Å². The second kappa shape index (κ2) is 2.08. The van der Waals surface area contributed by atoms with Gasteiger partial charge in [0.1, 0.15) is 5.57 Å². The molecule has 0 unspecified atom stereocenters. The van der Waals surface area contributed by atoms with E-state index in [2.05, 4.69) is 10.5 Å². The Kier molecular flexibility index (Phi) is 1.21. The average Bonchev–Trinajstić information content (AvgIpc) is 2.68. The monoisotopic (exact) mass is 151 g/mol. The van der Waals surface area contributed by atoms with E-state index in [9.17, 15) is 4.79 Å². The Balaban J connectivity index is 2.21. The largest absolute Gasteiger partial charge is 0.478 e. The highest BCUT2D eigenvalue weighted by Gasteiger charge is 2.34. The molecule has 4 nitrogen and oxygen atoms in total. The minimum atomic E-state index is -0.920. The summed E-state index contributed by atoms with van der Waals surface area (Å²) in [5.74, 6) is -0.555. The Morgan fingerprint density at radius 2 is 2.36 bits per heavy atom. The van der Waals surface area contributed by atoms with E-state index >= 15 is 0 Å². The van der Waals surface area contributed by atoms with E-state index in [0.29, 0.717) is 11.6 Å². The van der Waals surface area contributed by atoms with Crippen molar-refractivity contribution in [3.63, 3.8) is 0 Å². The topological polar surface area (TPSA) is 63.8 Å². The number of hydrogen-bond donors (Lipinski definition) is 1. The van der Waals surface area contributed by atoms with Crippen LogP contribution in [0.4, 0.5) is 0 Å². The van der Waals surface area contributed by atoms with E-state index in [1.54, 1.807) is 0 Å².